The average Bonchev–Trinajstić information content (AvgIpc) is 2.96. The SMILES string of the molecule is NC1=NC2(CCCCC2)N(c2cccc3n[nH]nc23)C(N)=N1. The zero-order chi connectivity index (χ0) is 15.2. The largest absolute Gasteiger partial charge is 0.369 e. The lowest BCUT2D eigenvalue weighted by Crippen LogP contribution is -2.58. The normalized spacial score (nSPS) is 21.0. The molecule has 114 valence electrons. The Kier molecular flexibility index (Phi) is 2.78. The van der Waals surface area contributed by atoms with Gasteiger partial charge in [-0.3, -0.25) is 4.90 Å². The van der Waals surface area contributed by atoms with E-state index in [2.05, 4.69) is 25.4 Å². The number of benzene rings is 1. The number of para-hydroxylation sites is 1. The summed E-state index contributed by atoms with van der Waals surface area (Å²) in [7, 11) is 0. The molecular formula is C14H18N8. The molecule has 0 bridgehead atoms. The van der Waals surface area contributed by atoms with Crippen molar-refractivity contribution in [2.24, 2.45) is 21.5 Å². The highest BCUT2D eigenvalue weighted by Crippen LogP contribution is 2.40. The second-order valence-corrected chi connectivity index (χ2v) is 5.79. The van der Waals surface area contributed by atoms with Gasteiger partial charge in [0, 0.05) is 0 Å². The van der Waals surface area contributed by atoms with E-state index in [0.29, 0.717) is 5.96 Å². The lowest BCUT2D eigenvalue weighted by atomic mass is 9.87. The van der Waals surface area contributed by atoms with Crippen molar-refractivity contribution in [1.82, 2.24) is 15.4 Å². The number of nitrogens with zero attached hydrogens (tertiary/aromatic N) is 5. The number of rotatable bonds is 1. The molecule has 8 heteroatoms. The van der Waals surface area contributed by atoms with E-state index in [-0.39, 0.29) is 5.96 Å². The zero-order valence-electron chi connectivity index (χ0n) is 12.2. The van der Waals surface area contributed by atoms with Gasteiger partial charge in [0.15, 0.2) is 0 Å². The van der Waals surface area contributed by atoms with Crippen molar-refractivity contribution >= 4 is 28.6 Å². The van der Waals surface area contributed by atoms with Gasteiger partial charge in [0.05, 0.1) is 5.69 Å². The van der Waals surface area contributed by atoms with Crippen LogP contribution >= 0.6 is 0 Å². The molecule has 2 aliphatic rings. The maximum absolute atomic E-state index is 6.22. The van der Waals surface area contributed by atoms with Crippen molar-refractivity contribution in [3.05, 3.63) is 18.2 Å². The fourth-order valence-corrected chi connectivity index (χ4v) is 3.50. The van der Waals surface area contributed by atoms with Crippen LogP contribution in [0.4, 0.5) is 5.69 Å². The summed E-state index contributed by atoms with van der Waals surface area (Å²) >= 11 is 0. The first-order valence-corrected chi connectivity index (χ1v) is 7.49. The molecule has 1 aliphatic heterocycles. The maximum atomic E-state index is 6.22. The summed E-state index contributed by atoms with van der Waals surface area (Å²) in [5.74, 6) is 0.618. The predicted octanol–water partition coefficient (Wildman–Crippen LogP) is 1.07. The number of H-pyrrole nitrogens is 1. The maximum Gasteiger partial charge on any atom is 0.220 e. The van der Waals surface area contributed by atoms with Crippen molar-refractivity contribution in [2.75, 3.05) is 4.90 Å². The van der Waals surface area contributed by atoms with Crippen LogP contribution in [-0.2, 0) is 0 Å². The molecule has 1 saturated carbocycles. The van der Waals surface area contributed by atoms with Crippen LogP contribution in [0.5, 0.6) is 0 Å². The van der Waals surface area contributed by atoms with Gasteiger partial charge in [-0.2, -0.15) is 20.4 Å². The number of hydrogen-bond donors (Lipinski definition) is 3. The van der Waals surface area contributed by atoms with E-state index in [1.165, 1.54) is 6.42 Å². The van der Waals surface area contributed by atoms with Crippen LogP contribution in [0, 0.1) is 0 Å². The molecule has 8 nitrogen and oxygen atoms in total. The zero-order valence-corrected chi connectivity index (χ0v) is 12.2. The second kappa shape index (κ2) is 4.69. The minimum atomic E-state index is -0.457. The third-order valence-corrected chi connectivity index (χ3v) is 4.42. The summed E-state index contributed by atoms with van der Waals surface area (Å²) < 4.78 is 0. The van der Waals surface area contributed by atoms with Crippen LogP contribution in [-0.4, -0.2) is 33.0 Å². The monoisotopic (exact) mass is 298 g/mol. The first kappa shape index (κ1) is 13.1. The van der Waals surface area contributed by atoms with Gasteiger partial charge in [-0.15, -0.1) is 0 Å². The third-order valence-electron chi connectivity index (χ3n) is 4.42. The van der Waals surface area contributed by atoms with Crippen molar-refractivity contribution < 1.29 is 0 Å². The van der Waals surface area contributed by atoms with Crippen LogP contribution in [0.1, 0.15) is 32.1 Å². The van der Waals surface area contributed by atoms with E-state index >= 15 is 0 Å². The average molecular weight is 298 g/mol. The van der Waals surface area contributed by atoms with E-state index in [0.717, 1.165) is 42.4 Å². The standard InChI is InChI=1S/C14H18N8/c15-12-17-13(16)22(14(18-12)7-2-1-3-8-14)10-6-4-5-9-11(10)20-21-19-9/h4-6H,1-3,7-8H2,(H,19,20,21)(H4,15,16,17,18). The molecule has 0 atom stereocenters. The molecule has 1 aromatic heterocycles. The van der Waals surface area contributed by atoms with E-state index in [4.69, 9.17) is 11.5 Å². The van der Waals surface area contributed by atoms with Crippen LogP contribution in [0.15, 0.2) is 28.2 Å². The summed E-state index contributed by atoms with van der Waals surface area (Å²) in [5, 5.41) is 11.1. The van der Waals surface area contributed by atoms with Gasteiger partial charge in [0.1, 0.15) is 16.7 Å². The summed E-state index contributed by atoms with van der Waals surface area (Å²) in [5.41, 5.74) is 14.1. The fourth-order valence-electron chi connectivity index (χ4n) is 3.50. The molecule has 1 aromatic carbocycles. The molecule has 0 radical (unpaired) electrons. The lowest BCUT2D eigenvalue weighted by molar-refractivity contribution is 0.306. The molecule has 0 unspecified atom stereocenters. The quantitative estimate of drug-likeness (QED) is 0.727. The minimum Gasteiger partial charge on any atom is -0.369 e. The first-order chi connectivity index (χ1) is 10.7. The first-order valence-electron chi connectivity index (χ1n) is 7.49. The van der Waals surface area contributed by atoms with Crippen LogP contribution in [0.2, 0.25) is 0 Å². The Balaban J connectivity index is 1.91. The Morgan fingerprint density at radius 2 is 1.91 bits per heavy atom. The van der Waals surface area contributed by atoms with E-state index in [9.17, 15) is 0 Å². The Morgan fingerprint density at radius 3 is 2.73 bits per heavy atom. The molecule has 1 aliphatic carbocycles. The van der Waals surface area contributed by atoms with Crippen molar-refractivity contribution in [3.8, 4) is 0 Å². The summed E-state index contributed by atoms with van der Waals surface area (Å²) in [6, 6.07) is 5.82. The van der Waals surface area contributed by atoms with E-state index in [1.54, 1.807) is 0 Å². The highest BCUT2D eigenvalue weighted by molar-refractivity contribution is 6.09. The minimum absolute atomic E-state index is 0.253. The van der Waals surface area contributed by atoms with Gasteiger partial charge >= 0.3 is 0 Å². The number of fused-ring (bicyclic) bond motifs is 1. The highest BCUT2D eigenvalue weighted by Gasteiger charge is 2.43. The molecule has 2 heterocycles. The molecule has 4 rings (SSSR count). The Hall–Kier alpha value is -2.64. The predicted molar refractivity (Wildman–Crippen MR) is 85.4 cm³/mol. The number of guanidine groups is 2. The number of anilines is 1. The third kappa shape index (κ3) is 1.83. The summed E-state index contributed by atoms with van der Waals surface area (Å²) in [6.07, 6.45) is 5.19. The van der Waals surface area contributed by atoms with Gasteiger partial charge in [0.2, 0.25) is 11.9 Å². The van der Waals surface area contributed by atoms with Crippen LogP contribution in [0.25, 0.3) is 11.0 Å². The number of hydrogen-bond acceptors (Lipinski definition) is 7. The number of nitrogens with two attached hydrogens (primary N) is 2. The van der Waals surface area contributed by atoms with Crippen molar-refractivity contribution in [1.29, 1.82) is 0 Å². The molecule has 0 amide bonds. The fraction of sp³-hybridized carbons (Fsp3) is 0.429. The van der Waals surface area contributed by atoms with E-state index in [1.807, 2.05) is 23.1 Å². The molecule has 1 spiro atoms. The number of nitrogens with one attached hydrogen (secondary N) is 1. The number of aliphatic imine (C=N–C) groups is 2. The molecule has 22 heavy (non-hydrogen) atoms. The Labute approximate surface area is 127 Å². The van der Waals surface area contributed by atoms with Crippen molar-refractivity contribution in [3.63, 3.8) is 0 Å². The Bertz CT molecular complexity index is 768. The second-order valence-electron chi connectivity index (χ2n) is 5.79. The molecule has 2 aromatic rings. The van der Waals surface area contributed by atoms with Crippen LogP contribution in [0.3, 0.4) is 0 Å². The number of aromatic amines is 1. The summed E-state index contributed by atoms with van der Waals surface area (Å²) in [6.45, 7) is 0. The topological polar surface area (TPSA) is 122 Å². The number of aromatic nitrogens is 3. The summed E-state index contributed by atoms with van der Waals surface area (Å²) in [4.78, 5) is 10.8. The van der Waals surface area contributed by atoms with Gasteiger partial charge in [-0.05, 0) is 37.8 Å². The molecule has 1 fully saturated rings. The molecule has 0 saturated heterocycles. The molecule has 5 N–H and O–H groups in total. The Morgan fingerprint density at radius 1 is 1.09 bits per heavy atom. The van der Waals surface area contributed by atoms with Crippen molar-refractivity contribution in [2.45, 2.75) is 37.8 Å². The van der Waals surface area contributed by atoms with Gasteiger partial charge < -0.3 is 11.5 Å². The lowest BCUT2D eigenvalue weighted by Gasteiger charge is -2.45. The smallest absolute Gasteiger partial charge is 0.220 e. The van der Waals surface area contributed by atoms with E-state index < -0.39 is 5.66 Å². The van der Waals surface area contributed by atoms with Gasteiger partial charge in [0.25, 0.3) is 0 Å². The van der Waals surface area contributed by atoms with Gasteiger partial charge in [-0.25, -0.2) is 4.99 Å². The van der Waals surface area contributed by atoms with Gasteiger partial charge in [-0.1, -0.05) is 12.5 Å². The van der Waals surface area contributed by atoms with Crippen LogP contribution < -0.4 is 16.4 Å². The highest BCUT2D eigenvalue weighted by atomic mass is 15.4. The molecular weight excluding hydrogens is 280 g/mol.